The Labute approximate surface area is 294 Å². The molecule has 0 radical (unpaired) electrons. The van der Waals surface area contributed by atoms with Crippen molar-refractivity contribution in [1.29, 1.82) is 0 Å². The Morgan fingerprint density at radius 3 is 1.94 bits per heavy atom. The van der Waals surface area contributed by atoms with E-state index in [0.29, 0.717) is 34.2 Å². The Kier molecular flexibility index (Phi) is 10.9. The Balaban J connectivity index is 1.16. The van der Waals surface area contributed by atoms with E-state index in [9.17, 15) is 9.59 Å². The van der Waals surface area contributed by atoms with Crippen molar-refractivity contribution in [3.05, 3.63) is 57.6 Å². The Hall–Kier alpha value is -1.90. The summed E-state index contributed by atoms with van der Waals surface area (Å²) in [6, 6.07) is 11.9. The minimum absolute atomic E-state index is 0.0688. The zero-order chi connectivity index (χ0) is 34.3. The molecule has 5 rings (SSSR count). The molecule has 0 spiro atoms. The lowest BCUT2D eigenvalue weighted by Gasteiger charge is -2.42. The van der Waals surface area contributed by atoms with Crippen LogP contribution in [0.4, 0.5) is 0 Å². The molecule has 0 bridgehead atoms. The summed E-state index contributed by atoms with van der Waals surface area (Å²) >= 11 is 13.7. The molecule has 258 valence electrons. The number of carbonyl (C=O) groups excluding carboxylic acids is 2. The maximum Gasteiger partial charge on any atom is 0.253 e. The van der Waals surface area contributed by atoms with Crippen molar-refractivity contribution in [2.75, 3.05) is 32.7 Å². The first-order chi connectivity index (χ1) is 21.9. The van der Waals surface area contributed by atoms with Gasteiger partial charge in [0.2, 0.25) is 5.91 Å². The van der Waals surface area contributed by atoms with Gasteiger partial charge in [0, 0.05) is 71.9 Å². The van der Waals surface area contributed by atoms with Crippen LogP contribution in [0, 0.1) is 5.92 Å². The van der Waals surface area contributed by atoms with Gasteiger partial charge in [-0.1, -0.05) is 56.1 Å². The standard InChI is InChI=1S/C38H55Cl2N3O3Si/c1-37(2,3)42-21-19-41(20-22-42)35(44)27-11-9-26(10-12-27)29-24-33(39)32(34(40)25-29)23-28-17-18-43(36(28)45)30-13-15-31(16-14-30)46-47(7,8)38(4,5)6/h9-12,24-25,28,30-31H,13-23H2,1-8H3/t28-,30-,31-/m0/s1. The first kappa shape index (κ1) is 36.4. The van der Waals surface area contributed by atoms with E-state index in [4.69, 9.17) is 27.6 Å². The summed E-state index contributed by atoms with van der Waals surface area (Å²) in [4.78, 5) is 33.3. The van der Waals surface area contributed by atoms with Crippen LogP contribution in [-0.2, 0) is 15.6 Å². The minimum atomic E-state index is -1.79. The Bertz CT molecular complexity index is 1410. The highest BCUT2D eigenvalue weighted by molar-refractivity contribution is 6.74. The molecule has 2 aliphatic heterocycles. The van der Waals surface area contributed by atoms with Crippen LogP contribution in [-0.4, -0.2) is 85.2 Å². The number of hydrogen-bond donors (Lipinski definition) is 0. The fourth-order valence-corrected chi connectivity index (χ4v) is 9.23. The SMILES string of the molecule is CC(C)(C)N1CCN(C(=O)c2ccc(-c3cc(Cl)c(C[C@@H]4CCN([C@H]5CC[C@H](O[Si](C)(C)C(C)(C)C)CC5)C4=O)c(Cl)c3)cc2)CC1. The molecular formula is C38H55Cl2N3O3Si. The normalized spacial score (nSPS) is 23.4. The summed E-state index contributed by atoms with van der Waals surface area (Å²) in [6.45, 7) is 22.2. The highest BCUT2D eigenvalue weighted by Crippen LogP contribution is 2.41. The summed E-state index contributed by atoms with van der Waals surface area (Å²) in [5, 5.41) is 1.37. The molecule has 0 unspecified atom stereocenters. The van der Waals surface area contributed by atoms with E-state index in [0.717, 1.165) is 81.5 Å². The fraction of sp³-hybridized carbons (Fsp3) is 0.632. The molecule has 2 heterocycles. The number of likely N-dealkylation sites (tertiary alicyclic amines) is 1. The van der Waals surface area contributed by atoms with Gasteiger partial charge < -0.3 is 14.2 Å². The van der Waals surface area contributed by atoms with Crippen LogP contribution in [0.1, 0.15) is 89.6 Å². The van der Waals surface area contributed by atoms with E-state index >= 15 is 0 Å². The lowest BCUT2D eigenvalue weighted by Crippen LogP contribution is -2.54. The molecule has 3 aliphatic rings. The van der Waals surface area contributed by atoms with Gasteiger partial charge in [-0.05, 0) is 118 Å². The molecule has 1 atom stereocenters. The number of carbonyl (C=O) groups is 2. The van der Waals surface area contributed by atoms with E-state index in [1.54, 1.807) is 0 Å². The van der Waals surface area contributed by atoms with E-state index in [1.165, 1.54) is 0 Å². The van der Waals surface area contributed by atoms with Gasteiger partial charge in [-0.3, -0.25) is 14.5 Å². The van der Waals surface area contributed by atoms with Crippen molar-refractivity contribution in [2.45, 2.75) is 116 Å². The summed E-state index contributed by atoms with van der Waals surface area (Å²) in [5.74, 6) is 0.196. The largest absolute Gasteiger partial charge is 0.414 e. The molecule has 0 aromatic heterocycles. The summed E-state index contributed by atoms with van der Waals surface area (Å²) in [5.41, 5.74) is 3.49. The quantitative estimate of drug-likeness (QED) is 0.271. The van der Waals surface area contributed by atoms with Crippen molar-refractivity contribution in [1.82, 2.24) is 14.7 Å². The molecule has 2 aromatic carbocycles. The molecule has 1 aliphatic carbocycles. The zero-order valence-electron chi connectivity index (χ0n) is 29.8. The maximum absolute atomic E-state index is 13.6. The van der Waals surface area contributed by atoms with Crippen LogP contribution < -0.4 is 0 Å². The molecule has 3 fully saturated rings. The van der Waals surface area contributed by atoms with Crippen LogP contribution in [0.5, 0.6) is 0 Å². The van der Waals surface area contributed by atoms with Gasteiger partial charge in [-0.15, -0.1) is 0 Å². The molecule has 47 heavy (non-hydrogen) atoms. The molecular weight excluding hydrogens is 645 g/mol. The van der Waals surface area contributed by atoms with E-state index in [1.807, 2.05) is 41.3 Å². The third-order valence-corrected chi connectivity index (χ3v) is 16.5. The van der Waals surface area contributed by atoms with Gasteiger partial charge in [0.15, 0.2) is 8.32 Å². The van der Waals surface area contributed by atoms with Crippen LogP contribution >= 0.6 is 23.2 Å². The van der Waals surface area contributed by atoms with Gasteiger partial charge in [-0.2, -0.15) is 0 Å². The molecule has 2 aromatic rings. The topological polar surface area (TPSA) is 53.1 Å². The predicted molar refractivity (Wildman–Crippen MR) is 197 cm³/mol. The summed E-state index contributed by atoms with van der Waals surface area (Å²) in [7, 11) is -1.79. The van der Waals surface area contributed by atoms with Crippen molar-refractivity contribution in [2.24, 2.45) is 5.92 Å². The second-order valence-electron chi connectivity index (χ2n) is 16.5. The van der Waals surface area contributed by atoms with E-state index < -0.39 is 8.32 Å². The fourth-order valence-electron chi connectivity index (χ4n) is 7.16. The minimum Gasteiger partial charge on any atom is -0.414 e. The van der Waals surface area contributed by atoms with E-state index in [-0.39, 0.29) is 28.3 Å². The van der Waals surface area contributed by atoms with Crippen LogP contribution in [0.2, 0.25) is 28.2 Å². The van der Waals surface area contributed by atoms with Gasteiger partial charge in [0.25, 0.3) is 5.91 Å². The average Bonchev–Trinajstić information content (AvgIpc) is 3.37. The third-order valence-electron chi connectivity index (χ3n) is 11.3. The van der Waals surface area contributed by atoms with Gasteiger partial charge >= 0.3 is 0 Å². The number of piperazine rings is 1. The summed E-state index contributed by atoms with van der Waals surface area (Å²) < 4.78 is 6.69. The Morgan fingerprint density at radius 1 is 0.830 bits per heavy atom. The number of benzene rings is 2. The lowest BCUT2D eigenvalue weighted by atomic mass is 9.92. The highest BCUT2D eigenvalue weighted by atomic mass is 35.5. The van der Waals surface area contributed by atoms with Crippen molar-refractivity contribution < 1.29 is 14.0 Å². The first-order valence-corrected chi connectivity index (χ1v) is 21.2. The molecule has 2 amide bonds. The van der Waals surface area contributed by atoms with Crippen molar-refractivity contribution in [3.8, 4) is 11.1 Å². The van der Waals surface area contributed by atoms with Crippen molar-refractivity contribution in [3.63, 3.8) is 0 Å². The highest BCUT2D eigenvalue weighted by Gasteiger charge is 2.42. The average molecular weight is 701 g/mol. The zero-order valence-corrected chi connectivity index (χ0v) is 32.3. The molecule has 2 saturated heterocycles. The predicted octanol–water partition coefficient (Wildman–Crippen LogP) is 8.94. The second kappa shape index (κ2) is 14.1. The lowest BCUT2D eigenvalue weighted by molar-refractivity contribution is -0.133. The monoisotopic (exact) mass is 699 g/mol. The van der Waals surface area contributed by atoms with Crippen LogP contribution in [0.3, 0.4) is 0 Å². The van der Waals surface area contributed by atoms with E-state index in [2.05, 4.69) is 64.4 Å². The number of rotatable bonds is 7. The Morgan fingerprint density at radius 2 is 1.40 bits per heavy atom. The smallest absolute Gasteiger partial charge is 0.253 e. The molecule has 1 saturated carbocycles. The number of halogens is 2. The maximum atomic E-state index is 13.6. The third kappa shape index (κ3) is 8.29. The first-order valence-electron chi connectivity index (χ1n) is 17.6. The summed E-state index contributed by atoms with van der Waals surface area (Å²) in [6.07, 6.45) is 5.74. The van der Waals surface area contributed by atoms with Crippen molar-refractivity contribution >= 4 is 43.3 Å². The van der Waals surface area contributed by atoms with Crippen LogP contribution in [0.15, 0.2) is 36.4 Å². The molecule has 6 nitrogen and oxygen atoms in total. The number of amides is 2. The second-order valence-corrected chi connectivity index (χ2v) is 22.0. The molecule has 9 heteroatoms. The number of hydrogen-bond acceptors (Lipinski definition) is 4. The van der Waals surface area contributed by atoms with Crippen LogP contribution in [0.25, 0.3) is 11.1 Å². The van der Waals surface area contributed by atoms with Gasteiger partial charge in [0.05, 0.1) is 0 Å². The molecule has 0 N–H and O–H groups in total. The van der Waals surface area contributed by atoms with Gasteiger partial charge in [0.1, 0.15) is 0 Å². The number of nitrogens with zero attached hydrogens (tertiary/aromatic N) is 3. The van der Waals surface area contributed by atoms with Gasteiger partial charge in [-0.25, -0.2) is 0 Å².